The molecule has 1 N–H and O–H groups in total. The van der Waals surface area contributed by atoms with E-state index in [1.165, 1.54) is 5.56 Å². The second kappa shape index (κ2) is 9.30. The summed E-state index contributed by atoms with van der Waals surface area (Å²) in [6, 6.07) is 6.28. The van der Waals surface area contributed by atoms with Gasteiger partial charge in [0.25, 0.3) is 5.91 Å². The van der Waals surface area contributed by atoms with Gasteiger partial charge in [0, 0.05) is 57.9 Å². The number of carbonyl (C=O) groups excluding carboxylic acids is 1. The van der Waals surface area contributed by atoms with Crippen molar-refractivity contribution in [1.82, 2.24) is 29.9 Å². The van der Waals surface area contributed by atoms with Gasteiger partial charge in [0.05, 0.1) is 6.04 Å². The van der Waals surface area contributed by atoms with Crippen molar-refractivity contribution in [2.24, 2.45) is 0 Å². The number of rotatable bonds is 4. The summed E-state index contributed by atoms with van der Waals surface area (Å²) in [5.74, 6) is 0.0496. The van der Waals surface area contributed by atoms with E-state index in [9.17, 15) is 4.79 Å². The standard InChI is InChI=1S/C19H26N6O.ClH/c26-19(18-5-8-25(22-18)17-4-2-7-21-14-17)24-11-9-23(10-12-24)15-16-3-1-6-20-13-16;/h1,3,5-6,8,13,17,21H,2,4,7,9-12,14-15H2;1H. The van der Waals surface area contributed by atoms with Gasteiger partial charge in [-0.1, -0.05) is 6.07 Å². The fraction of sp³-hybridized carbons (Fsp3) is 0.526. The number of amides is 1. The van der Waals surface area contributed by atoms with Gasteiger partial charge in [-0.2, -0.15) is 5.10 Å². The minimum atomic E-state index is 0. The fourth-order valence-electron chi connectivity index (χ4n) is 3.74. The molecule has 2 aromatic heterocycles. The van der Waals surface area contributed by atoms with E-state index < -0.39 is 0 Å². The molecule has 2 aliphatic rings. The van der Waals surface area contributed by atoms with Crippen LogP contribution < -0.4 is 5.32 Å². The first kappa shape index (κ1) is 19.8. The van der Waals surface area contributed by atoms with E-state index in [0.29, 0.717) is 11.7 Å². The summed E-state index contributed by atoms with van der Waals surface area (Å²) < 4.78 is 1.96. The second-order valence-electron chi connectivity index (χ2n) is 7.11. The first-order valence-electron chi connectivity index (χ1n) is 9.46. The van der Waals surface area contributed by atoms with Crippen molar-refractivity contribution < 1.29 is 4.79 Å². The lowest BCUT2D eigenvalue weighted by molar-refractivity contribution is 0.0621. The van der Waals surface area contributed by atoms with Crippen molar-refractivity contribution in [3.63, 3.8) is 0 Å². The Hall–Kier alpha value is -1.96. The summed E-state index contributed by atoms with van der Waals surface area (Å²) in [7, 11) is 0. The predicted octanol–water partition coefficient (Wildman–Crippen LogP) is 1.58. The number of nitrogens with one attached hydrogen (secondary N) is 1. The lowest BCUT2D eigenvalue weighted by Crippen LogP contribution is -2.48. The highest BCUT2D eigenvalue weighted by molar-refractivity contribution is 5.92. The van der Waals surface area contributed by atoms with Crippen molar-refractivity contribution in [1.29, 1.82) is 0 Å². The van der Waals surface area contributed by atoms with Gasteiger partial charge in [0.1, 0.15) is 5.69 Å². The highest BCUT2D eigenvalue weighted by Gasteiger charge is 2.24. The Bertz CT molecular complexity index is 723. The SMILES string of the molecule is Cl.O=C(c1ccn(C2CCCNC2)n1)N1CCN(Cc2cccnc2)CC1. The lowest BCUT2D eigenvalue weighted by Gasteiger charge is -2.34. The van der Waals surface area contributed by atoms with Crippen LogP contribution in [-0.2, 0) is 6.54 Å². The van der Waals surface area contributed by atoms with Gasteiger partial charge < -0.3 is 10.2 Å². The van der Waals surface area contributed by atoms with Crippen molar-refractivity contribution in [3.05, 3.63) is 48.0 Å². The van der Waals surface area contributed by atoms with Crippen molar-refractivity contribution in [2.45, 2.75) is 25.4 Å². The van der Waals surface area contributed by atoms with Crippen LogP contribution in [-0.4, -0.2) is 69.7 Å². The van der Waals surface area contributed by atoms with Gasteiger partial charge in [-0.25, -0.2) is 0 Å². The molecule has 0 bridgehead atoms. The van der Waals surface area contributed by atoms with E-state index in [4.69, 9.17) is 0 Å². The fourth-order valence-corrected chi connectivity index (χ4v) is 3.74. The molecule has 27 heavy (non-hydrogen) atoms. The summed E-state index contributed by atoms with van der Waals surface area (Å²) >= 11 is 0. The second-order valence-corrected chi connectivity index (χ2v) is 7.11. The topological polar surface area (TPSA) is 66.3 Å². The number of hydrogen-bond donors (Lipinski definition) is 1. The Labute approximate surface area is 166 Å². The summed E-state index contributed by atoms with van der Waals surface area (Å²) in [6.45, 7) is 6.16. The van der Waals surface area contributed by atoms with Crippen LogP contribution in [0.25, 0.3) is 0 Å². The van der Waals surface area contributed by atoms with Crippen molar-refractivity contribution in [3.8, 4) is 0 Å². The predicted molar refractivity (Wildman–Crippen MR) is 106 cm³/mol. The average Bonchev–Trinajstić information content (AvgIpc) is 3.20. The van der Waals surface area contributed by atoms with Crippen molar-refractivity contribution >= 4 is 18.3 Å². The maximum Gasteiger partial charge on any atom is 0.274 e. The summed E-state index contributed by atoms with van der Waals surface area (Å²) in [4.78, 5) is 21.2. The molecule has 0 aliphatic carbocycles. The van der Waals surface area contributed by atoms with Gasteiger partial charge in [-0.05, 0) is 37.1 Å². The van der Waals surface area contributed by atoms with Crippen LogP contribution in [0.15, 0.2) is 36.8 Å². The molecule has 0 saturated carbocycles. The number of piperidine rings is 1. The quantitative estimate of drug-likeness (QED) is 0.858. The van der Waals surface area contributed by atoms with Crippen LogP contribution in [0.4, 0.5) is 0 Å². The highest BCUT2D eigenvalue weighted by atomic mass is 35.5. The molecule has 0 spiro atoms. The smallest absolute Gasteiger partial charge is 0.274 e. The lowest BCUT2D eigenvalue weighted by atomic mass is 10.1. The third-order valence-electron chi connectivity index (χ3n) is 5.26. The van der Waals surface area contributed by atoms with E-state index in [-0.39, 0.29) is 18.3 Å². The molecule has 0 radical (unpaired) electrons. The molecule has 8 heteroatoms. The van der Waals surface area contributed by atoms with E-state index in [1.54, 1.807) is 6.20 Å². The number of hydrogen-bond acceptors (Lipinski definition) is 5. The zero-order valence-corrected chi connectivity index (χ0v) is 16.3. The number of piperazine rings is 1. The van der Waals surface area contributed by atoms with Crippen LogP contribution in [0.3, 0.4) is 0 Å². The molecule has 1 amide bonds. The maximum absolute atomic E-state index is 12.8. The Balaban J connectivity index is 0.00000210. The van der Waals surface area contributed by atoms with Gasteiger partial charge in [-0.15, -0.1) is 12.4 Å². The minimum Gasteiger partial charge on any atom is -0.335 e. The third-order valence-corrected chi connectivity index (χ3v) is 5.26. The molecule has 1 atom stereocenters. The number of aromatic nitrogens is 3. The molecule has 4 rings (SSSR count). The molecule has 2 aliphatic heterocycles. The molecule has 146 valence electrons. The summed E-state index contributed by atoms with van der Waals surface area (Å²) in [6.07, 6.45) is 7.93. The number of halogens is 1. The van der Waals surface area contributed by atoms with Crippen LogP contribution in [0.2, 0.25) is 0 Å². The van der Waals surface area contributed by atoms with Crippen LogP contribution >= 0.6 is 12.4 Å². The van der Waals surface area contributed by atoms with E-state index in [0.717, 1.165) is 58.7 Å². The normalized spacial score (nSPS) is 20.9. The highest BCUT2D eigenvalue weighted by Crippen LogP contribution is 2.17. The van der Waals surface area contributed by atoms with Gasteiger partial charge >= 0.3 is 0 Å². The average molecular weight is 391 g/mol. The van der Waals surface area contributed by atoms with E-state index in [1.807, 2.05) is 34.1 Å². The third kappa shape index (κ3) is 4.86. The van der Waals surface area contributed by atoms with Crippen LogP contribution in [0.5, 0.6) is 0 Å². The molecule has 4 heterocycles. The maximum atomic E-state index is 12.8. The minimum absolute atomic E-state index is 0. The van der Waals surface area contributed by atoms with Crippen molar-refractivity contribution in [2.75, 3.05) is 39.3 Å². The van der Waals surface area contributed by atoms with Gasteiger partial charge in [0.2, 0.25) is 0 Å². The van der Waals surface area contributed by atoms with E-state index >= 15 is 0 Å². The summed E-state index contributed by atoms with van der Waals surface area (Å²) in [5, 5.41) is 7.95. The van der Waals surface area contributed by atoms with E-state index in [2.05, 4.69) is 26.4 Å². The number of pyridine rings is 1. The molecule has 0 aromatic carbocycles. The number of carbonyl (C=O) groups is 1. The zero-order chi connectivity index (χ0) is 17.8. The van der Waals surface area contributed by atoms with Gasteiger partial charge in [0.15, 0.2) is 0 Å². The number of nitrogens with zero attached hydrogens (tertiary/aromatic N) is 5. The largest absolute Gasteiger partial charge is 0.335 e. The zero-order valence-electron chi connectivity index (χ0n) is 15.5. The first-order valence-corrected chi connectivity index (χ1v) is 9.46. The molecule has 2 fully saturated rings. The molecule has 7 nitrogen and oxygen atoms in total. The van der Waals surface area contributed by atoms with Crippen LogP contribution in [0, 0.1) is 0 Å². The Morgan fingerprint density at radius 2 is 2.07 bits per heavy atom. The summed E-state index contributed by atoms with van der Waals surface area (Å²) in [5.41, 5.74) is 1.78. The Kier molecular flexibility index (Phi) is 6.82. The monoisotopic (exact) mass is 390 g/mol. The molecule has 2 saturated heterocycles. The molecular formula is C19H27ClN6O. The first-order chi connectivity index (χ1) is 12.8. The molecular weight excluding hydrogens is 364 g/mol. The van der Waals surface area contributed by atoms with Crippen LogP contribution in [0.1, 0.15) is 34.9 Å². The molecule has 2 aromatic rings. The Morgan fingerprint density at radius 3 is 2.78 bits per heavy atom. The van der Waals surface area contributed by atoms with Gasteiger partial charge in [-0.3, -0.25) is 19.4 Å². The Morgan fingerprint density at radius 1 is 1.22 bits per heavy atom. The molecule has 1 unspecified atom stereocenters.